The van der Waals surface area contributed by atoms with Gasteiger partial charge in [-0.15, -0.1) is 11.3 Å². The minimum Gasteiger partial charge on any atom is -0.393 e. The molecule has 0 aromatic carbocycles. The van der Waals surface area contributed by atoms with Crippen LogP contribution in [0.15, 0.2) is 17.5 Å². The zero-order chi connectivity index (χ0) is 9.97. The van der Waals surface area contributed by atoms with Gasteiger partial charge in [0.25, 0.3) is 0 Å². The number of hydrogen-bond donors (Lipinski definition) is 1. The van der Waals surface area contributed by atoms with E-state index < -0.39 is 0 Å². The van der Waals surface area contributed by atoms with Crippen molar-refractivity contribution in [1.29, 1.82) is 0 Å². The summed E-state index contributed by atoms with van der Waals surface area (Å²) in [5, 5.41) is 12.0. The van der Waals surface area contributed by atoms with E-state index in [0.29, 0.717) is 5.92 Å². The van der Waals surface area contributed by atoms with Crippen LogP contribution in [-0.2, 0) is 6.42 Å². The first kappa shape index (κ1) is 10.1. The lowest BCUT2D eigenvalue weighted by molar-refractivity contribution is 0.0370. The molecule has 2 nitrogen and oxygen atoms in total. The second kappa shape index (κ2) is 4.43. The van der Waals surface area contributed by atoms with Gasteiger partial charge in [-0.1, -0.05) is 6.07 Å². The topological polar surface area (TPSA) is 23.5 Å². The fourth-order valence-electron chi connectivity index (χ4n) is 2.09. The number of likely N-dealkylation sites (tertiary alicyclic amines) is 1. The molecule has 1 aliphatic heterocycles. The Labute approximate surface area is 89.2 Å². The van der Waals surface area contributed by atoms with Crippen molar-refractivity contribution in [2.75, 3.05) is 20.1 Å². The molecule has 0 saturated carbocycles. The molecular formula is C11H17NOS. The Hall–Kier alpha value is -0.380. The maximum atomic E-state index is 9.86. The van der Waals surface area contributed by atoms with Crippen LogP contribution in [0.3, 0.4) is 0 Å². The first-order valence-electron chi connectivity index (χ1n) is 5.14. The lowest BCUT2D eigenvalue weighted by Crippen LogP contribution is -2.41. The number of thiophene rings is 1. The van der Waals surface area contributed by atoms with Crippen LogP contribution < -0.4 is 0 Å². The van der Waals surface area contributed by atoms with Gasteiger partial charge in [-0.3, -0.25) is 0 Å². The van der Waals surface area contributed by atoms with Crippen molar-refractivity contribution < 1.29 is 5.11 Å². The highest BCUT2D eigenvalue weighted by atomic mass is 32.1. The SMILES string of the molecule is CN1CCC(O)C(Cc2cccs2)C1. The van der Waals surface area contributed by atoms with Crippen molar-refractivity contribution in [2.24, 2.45) is 5.92 Å². The van der Waals surface area contributed by atoms with E-state index in [1.807, 2.05) is 0 Å². The van der Waals surface area contributed by atoms with Gasteiger partial charge in [-0.25, -0.2) is 0 Å². The number of hydrogen-bond acceptors (Lipinski definition) is 3. The molecule has 1 fully saturated rings. The van der Waals surface area contributed by atoms with E-state index in [0.717, 1.165) is 25.9 Å². The third-order valence-corrected chi connectivity index (χ3v) is 3.84. The lowest BCUT2D eigenvalue weighted by atomic mass is 9.91. The Morgan fingerprint density at radius 3 is 3.21 bits per heavy atom. The van der Waals surface area contributed by atoms with Crippen molar-refractivity contribution in [3.8, 4) is 0 Å². The number of nitrogens with zero attached hydrogens (tertiary/aromatic N) is 1. The molecular weight excluding hydrogens is 194 g/mol. The molecule has 2 heterocycles. The predicted molar refractivity (Wildman–Crippen MR) is 59.6 cm³/mol. The summed E-state index contributed by atoms with van der Waals surface area (Å²) < 4.78 is 0. The van der Waals surface area contributed by atoms with Gasteiger partial charge < -0.3 is 10.0 Å². The quantitative estimate of drug-likeness (QED) is 0.803. The summed E-state index contributed by atoms with van der Waals surface area (Å²) in [4.78, 5) is 3.70. The van der Waals surface area contributed by atoms with Crippen molar-refractivity contribution >= 4 is 11.3 Å². The summed E-state index contributed by atoms with van der Waals surface area (Å²) in [6.07, 6.45) is 1.85. The number of aliphatic hydroxyl groups excluding tert-OH is 1. The van der Waals surface area contributed by atoms with E-state index >= 15 is 0 Å². The Morgan fingerprint density at radius 1 is 1.64 bits per heavy atom. The van der Waals surface area contributed by atoms with E-state index in [4.69, 9.17) is 0 Å². The molecule has 0 aliphatic carbocycles. The second-order valence-electron chi connectivity index (χ2n) is 4.16. The van der Waals surface area contributed by atoms with Gasteiger partial charge in [0.15, 0.2) is 0 Å². The van der Waals surface area contributed by atoms with Gasteiger partial charge in [0.05, 0.1) is 6.10 Å². The second-order valence-corrected chi connectivity index (χ2v) is 5.19. The minimum atomic E-state index is -0.103. The maximum absolute atomic E-state index is 9.86. The average Bonchev–Trinajstić information content (AvgIpc) is 2.64. The van der Waals surface area contributed by atoms with Crippen LogP contribution in [0, 0.1) is 5.92 Å². The van der Waals surface area contributed by atoms with Gasteiger partial charge in [-0.2, -0.15) is 0 Å². The first-order chi connectivity index (χ1) is 6.75. The molecule has 1 saturated heterocycles. The molecule has 0 amide bonds. The Kier molecular flexibility index (Phi) is 3.21. The average molecular weight is 211 g/mol. The highest BCUT2D eigenvalue weighted by Crippen LogP contribution is 2.22. The predicted octanol–water partition coefficient (Wildman–Crippen LogP) is 1.60. The Bertz CT molecular complexity index is 273. The Morgan fingerprint density at radius 2 is 2.50 bits per heavy atom. The molecule has 1 aliphatic rings. The van der Waals surface area contributed by atoms with Gasteiger partial charge in [0.1, 0.15) is 0 Å². The fraction of sp³-hybridized carbons (Fsp3) is 0.636. The Balaban J connectivity index is 1.95. The van der Waals surface area contributed by atoms with Crippen molar-refractivity contribution in [2.45, 2.75) is 18.9 Å². The van der Waals surface area contributed by atoms with Crippen LogP contribution in [0.25, 0.3) is 0 Å². The summed E-state index contributed by atoms with van der Waals surface area (Å²) in [5.74, 6) is 0.424. The molecule has 0 radical (unpaired) electrons. The molecule has 0 spiro atoms. The number of rotatable bonds is 2. The van der Waals surface area contributed by atoms with Gasteiger partial charge in [0, 0.05) is 23.9 Å². The molecule has 1 aromatic rings. The summed E-state index contributed by atoms with van der Waals surface area (Å²) in [6.45, 7) is 2.06. The largest absolute Gasteiger partial charge is 0.393 e. The van der Waals surface area contributed by atoms with Crippen molar-refractivity contribution in [1.82, 2.24) is 4.90 Å². The van der Waals surface area contributed by atoms with Gasteiger partial charge in [0.2, 0.25) is 0 Å². The van der Waals surface area contributed by atoms with E-state index in [2.05, 4.69) is 29.5 Å². The highest BCUT2D eigenvalue weighted by molar-refractivity contribution is 7.09. The lowest BCUT2D eigenvalue weighted by Gasteiger charge is -2.33. The molecule has 78 valence electrons. The van der Waals surface area contributed by atoms with E-state index in [9.17, 15) is 5.11 Å². The van der Waals surface area contributed by atoms with Crippen LogP contribution in [0.1, 0.15) is 11.3 Å². The van der Waals surface area contributed by atoms with E-state index in [1.165, 1.54) is 4.88 Å². The van der Waals surface area contributed by atoms with Crippen LogP contribution >= 0.6 is 11.3 Å². The summed E-state index contributed by atoms with van der Waals surface area (Å²) >= 11 is 1.79. The van der Waals surface area contributed by atoms with E-state index in [1.54, 1.807) is 11.3 Å². The standard InChI is InChI=1S/C11H17NOS/c1-12-5-4-11(13)9(8-12)7-10-3-2-6-14-10/h2-3,6,9,11,13H,4-5,7-8H2,1H3. The van der Waals surface area contributed by atoms with Gasteiger partial charge >= 0.3 is 0 Å². The molecule has 2 rings (SSSR count). The van der Waals surface area contributed by atoms with Crippen LogP contribution in [0.2, 0.25) is 0 Å². The van der Waals surface area contributed by atoms with E-state index in [-0.39, 0.29) is 6.10 Å². The van der Waals surface area contributed by atoms with Crippen molar-refractivity contribution in [3.63, 3.8) is 0 Å². The molecule has 14 heavy (non-hydrogen) atoms. The smallest absolute Gasteiger partial charge is 0.0596 e. The zero-order valence-electron chi connectivity index (χ0n) is 8.52. The number of aliphatic hydroxyl groups is 1. The highest BCUT2D eigenvalue weighted by Gasteiger charge is 2.26. The molecule has 0 bridgehead atoms. The summed E-state index contributed by atoms with van der Waals surface area (Å²) in [6, 6.07) is 4.24. The zero-order valence-corrected chi connectivity index (χ0v) is 9.33. The normalized spacial score (nSPS) is 29.3. The minimum absolute atomic E-state index is 0.103. The third kappa shape index (κ3) is 2.35. The number of piperidine rings is 1. The van der Waals surface area contributed by atoms with Crippen LogP contribution in [0.4, 0.5) is 0 Å². The molecule has 2 atom stereocenters. The molecule has 2 unspecified atom stereocenters. The monoisotopic (exact) mass is 211 g/mol. The third-order valence-electron chi connectivity index (χ3n) is 2.94. The molecule has 3 heteroatoms. The summed E-state index contributed by atoms with van der Waals surface area (Å²) in [7, 11) is 2.13. The van der Waals surface area contributed by atoms with Crippen molar-refractivity contribution in [3.05, 3.63) is 22.4 Å². The van der Waals surface area contributed by atoms with Gasteiger partial charge in [-0.05, 0) is 31.3 Å². The molecule has 1 aromatic heterocycles. The van der Waals surface area contributed by atoms with Crippen LogP contribution in [0.5, 0.6) is 0 Å². The maximum Gasteiger partial charge on any atom is 0.0596 e. The summed E-state index contributed by atoms with van der Waals surface area (Å²) in [5.41, 5.74) is 0. The fourth-order valence-corrected chi connectivity index (χ4v) is 2.89. The first-order valence-corrected chi connectivity index (χ1v) is 6.02. The van der Waals surface area contributed by atoms with Crippen LogP contribution in [-0.4, -0.2) is 36.2 Å². The molecule has 1 N–H and O–H groups in total.